The summed E-state index contributed by atoms with van der Waals surface area (Å²) in [6.45, 7) is 2.40. The van der Waals surface area contributed by atoms with Gasteiger partial charge in [-0.05, 0) is 85.6 Å². The van der Waals surface area contributed by atoms with Gasteiger partial charge in [0.15, 0.2) is 23.0 Å². The zero-order chi connectivity index (χ0) is 38.5. The summed E-state index contributed by atoms with van der Waals surface area (Å²) in [6.07, 6.45) is 1.000. The van der Waals surface area contributed by atoms with E-state index in [1.54, 1.807) is 66.9 Å². The van der Waals surface area contributed by atoms with Gasteiger partial charge in [0.25, 0.3) is 23.6 Å². The van der Waals surface area contributed by atoms with Gasteiger partial charge in [0.05, 0.1) is 42.7 Å². The van der Waals surface area contributed by atoms with E-state index < -0.39 is 23.6 Å². The van der Waals surface area contributed by atoms with Crippen molar-refractivity contribution in [3.8, 4) is 34.5 Å². The molecule has 0 saturated carbocycles. The lowest BCUT2D eigenvalue weighted by atomic mass is 9.86. The van der Waals surface area contributed by atoms with Gasteiger partial charge >= 0.3 is 0 Å². The van der Waals surface area contributed by atoms with E-state index in [0.29, 0.717) is 107 Å². The second-order valence-electron chi connectivity index (χ2n) is 12.7. The van der Waals surface area contributed by atoms with Crippen LogP contribution in [0.5, 0.6) is 34.5 Å². The molecule has 0 aliphatic carbocycles. The van der Waals surface area contributed by atoms with Crippen LogP contribution in [-0.4, -0.2) is 102 Å². The largest absolute Gasteiger partial charge is 0.493 e. The number of ether oxygens (including phenoxy) is 6. The van der Waals surface area contributed by atoms with Crippen molar-refractivity contribution >= 4 is 34.4 Å². The molecule has 0 aromatic heterocycles. The van der Waals surface area contributed by atoms with Crippen LogP contribution in [-0.2, 0) is 13.1 Å². The van der Waals surface area contributed by atoms with Gasteiger partial charge in [0, 0.05) is 59.2 Å². The highest BCUT2D eigenvalue weighted by molar-refractivity contribution is 6.33. The zero-order valence-corrected chi connectivity index (χ0v) is 31.3. The molecule has 2 aliphatic rings. The number of hydrogen-bond acceptors (Lipinski definition) is 12. The molecule has 2 N–H and O–H groups in total. The number of rotatable bonds is 18. The van der Waals surface area contributed by atoms with Crippen molar-refractivity contribution in [1.29, 1.82) is 0 Å². The van der Waals surface area contributed by atoms with E-state index in [-0.39, 0.29) is 13.1 Å². The van der Waals surface area contributed by atoms with E-state index in [2.05, 4.69) is 10.6 Å². The minimum Gasteiger partial charge on any atom is -0.493 e. The number of nitrogens with zero attached hydrogens (tertiary/aromatic N) is 2. The molecule has 0 atom stereocenters. The van der Waals surface area contributed by atoms with E-state index in [4.69, 9.17) is 28.4 Å². The molecule has 0 fully saturated rings. The number of benzene rings is 4. The van der Waals surface area contributed by atoms with Crippen LogP contribution in [0.1, 0.15) is 65.4 Å². The maximum atomic E-state index is 13.7. The molecule has 0 unspecified atom stereocenters. The molecule has 6 rings (SSSR count). The van der Waals surface area contributed by atoms with E-state index in [9.17, 15) is 19.2 Å². The van der Waals surface area contributed by atoms with Gasteiger partial charge in [-0.2, -0.15) is 0 Å². The summed E-state index contributed by atoms with van der Waals surface area (Å²) in [7, 11) is 9.32. The molecule has 0 saturated heterocycles. The quantitative estimate of drug-likeness (QED) is 0.110. The molecule has 0 bridgehead atoms. The topological polar surface area (TPSA) is 154 Å². The lowest BCUT2D eigenvalue weighted by Crippen LogP contribution is -2.44. The summed E-state index contributed by atoms with van der Waals surface area (Å²) in [5.74, 6) is 1.37. The second kappa shape index (κ2) is 16.4. The zero-order valence-electron chi connectivity index (χ0n) is 31.3. The standard InChI is InChI=1S/C40H44N4O10/c1-49-29-17-23(18-30(50-2)35(29)53-5)21-41-13-7-15-43-37(45)25-9-11-27-34-28(12-10-26(33(25)34)38(43)46)40(48)44(39(27)47)16-8-14-42-22-24-19-31(51-3)36(54-6)32(20-24)52-4/h9-12,17-20,41-42H,7-8,13-16,21-22H2,1-6H3. The Labute approximate surface area is 313 Å². The van der Waals surface area contributed by atoms with Crippen molar-refractivity contribution in [3.63, 3.8) is 0 Å². The first-order chi connectivity index (χ1) is 26.2. The van der Waals surface area contributed by atoms with Gasteiger partial charge in [0.2, 0.25) is 11.5 Å². The van der Waals surface area contributed by atoms with Crippen LogP contribution in [0.25, 0.3) is 10.8 Å². The Bertz CT molecular complexity index is 1850. The monoisotopic (exact) mass is 740 g/mol. The van der Waals surface area contributed by atoms with Crippen LogP contribution < -0.4 is 39.1 Å². The third-order valence-corrected chi connectivity index (χ3v) is 9.64. The fraction of sp³-hybridized carbons (Fsp3) is 0.350. The molecule has 54 heavy (non-hydrogen) atoms. The first kappa shape index (κ1) is 37.9. The summed E-state index contributed by atoms with van der Waals surface area (Å²) in [5.41, 5.74) is 2.99. The van der Waals surface area contributed by atoms with Gasteiger partial charge < -0.3 is 39.1 Å². The number of hydrogen-bond donors (Lipinski definition) is 2. The fourth-order valence-electron chi connectivity index (χ4n) is 7.05. The molecule has 0 radical (unpaired) electrons. The van der Waals surface area contributed by atoms with Gasteiger partial charge in [-0.15, -0.1) is 0 Å². The number of carbonyl (C=O) groups is 4. The number of amides is 4. The third-order valence-electron chi connectivity index (χ3n) is 9.64. The van der Waals surface area contributed by atoms with Crippen molar-refractivity contribution in [1.82, 2.24) is 20.4 Å². The molecule has 14 heteroatoms. The van der Waals surface area contributed by atoms with Crippen molar-refractivity contribution in [2.75, 3.05) is 68.8 Å². The Morgan fingerprint density at radius 2 is 0.759 bits per heavy atom. The predicted molar refractivity (Wildman–Crippen MR) is 200 cm³/mol. The van der Waals surface area contributed by atoms with Gasteiger partial charge in [0.1, 0.15) is 0 Å². The van der Waals surface area contributed by atoms with E-state index in [0.717, 1.165) is 11.1 Å². The first-order valence-corrected chi connectivity index (χ1v) is 17.5. The van der Waals surface area contributed by atoms with Crippen molar-refractivity contribution in [3.05, 3.63) is 81.9 Å². The Kier molecular flexibility index (Phi) is 11.5. The van der Waals surface area contributed by atoms with Crippen molar-refractivity contribution in [2.24, 2.45) is 0 Å². The molecule has 284 valence electrons. The second-order valence-corrected chi connectivity index (χ2v) is 12.7. The minimum atomic E-state index is -0.457. The van der Waals surface area contributed by atoms with E-state index in [1.165, 1.54) is 9.80 Å². The van der Waals surface area contributed by atoms with Crippen LogP contribution in [0.2, 0.25) is 0 Å². The highest BCUT2D eigenvalue weighted by atomic mass is 16.5. The average molecular weight is 741 g/mol. The Morgan fingerprint density at radius 1 is 0.463 bits per heavy atom. The third kappa shape index (κ3) is 6.97. The smallest absolute Gasteiger partial charge is 0.261 e. The molecular weight excluding hydrogens is 696 g/mol. The Balaban J connectivity index is 1.08. The fourth-order valence-corrected chi connectivity index (χ4v) is 7.05. The number of nitrogens with one attached hydrogen (secondary N) is 2. The number of carbonyl (C=O) groups excluding carboxylic acids is 4. The lowest BCUT2D eigenvalue weighted by molar-refractivity contribution is 0.0587. The first-order valence-electron chi connectivity index (χ1n) is 17.5. The number of methoxy groups -OCH3 is 6. The summed E-state index contributed by atoms with van der Waals surface area (Å²) < 4.78 is 32.5. The highest BCUT2D eigenvalue weighted by Gasteiger charge is 2.39. The molecule has 2 heterocycles. The van der Waals surface area contributed by atoms with Crippen LogP contribution in [0, 0.1) is 0 Å². The number of imide groups is 2. The SMILES string of the molecule is COc1cc(CNCCCN2C(=O)c3ccc4c5c(ccc(c35)C2=O)C(=O)N(CCCNCc2cc(OC)c(OC)c(OC)c2)C4=O)cc(OC)c1OC. The maximum absolute atomic E-state index is 13.7. The Morgan fingerprint density at radius 3 is 1.02 bits per heavy atom. The molecule has 4 amide bonds. The summed E-state index contributed by atoms with van der Waals surface area (Å²) >= 11 is 0. The van der Waals surface area contributed by atoms with E-state index >= 15 is 0 Å². The van der Waals surface area contributed by atoms with Crippen LogP contribution in [0.15, 0.2) is 48.5 Å². The van der Waals surface area contributed by atoms with Gasteiger partial charge in [-0.1, -0.05) is 0 Å². The van der Waals surface area contributed by atoms with Crippen LogP contribution in [0.3, 0.4) is 0 Å². The molecule has 14 nitrogen and oxygen atoms in total. The normalized spacial score (nSPS) is 13.4. The summed E-state index contributed by atoms with van der Waals surface area (Å²) in [6, 6.07) is 13.8. The van der Waals surface area contributed by atoms with Crippen molar-refractivity contribution < 1.29 is 47.6 Å². The highest BCUT2D eigenvalue weighted by Crippen LogP contribution is 2.40. The molecule has 2 aliphatic heterocycles. The average Bonchev–Trinajstić information content (AvgIpc) is 3.19. The maximum Gasteiger partial charge on any atom is 0.261 e. The van der Waals surface area contributed by atoms with E-state index in [1.807, 2.05) is 24.3 Å². The minimum absolute atomic E-state index is 0.184. The molecule has 0 spiro atoms. The van der Waals surface area contributed by atoms with Crippen LogP contribution in [0.4, 0.5) is 0 Å². The summed E-state index contributed by atoms with van der Waals surface area (Å²) in [4.78, 5) is 57.3. The Hall–Kier alpha value is -5.86. The van der Waals surface area contributed by atoms with Crippen molar-refractivity contribution in [2.45, 2.75) is 25.9 Å². The molecule has 4 aromatic rings. The van der Waals surface area contributed by atoms with Crippen LogP contribution >= 0.6 is 0 Å². The molecular formula is C40H44N4O10. The molecule has 4 aromatic carbocycles. The summed E-state index contributed by atoms with van der Waals surface area (Å²) in [5, 5.41) is 7.38. The van der Waals surface area contributed by atoms with Gasteiger partial charge in [-0.3, -0.25) is 29.0 Å². The predicted octanol–water partition coefficient (Wildman–Crippen LogP) is 4.44. The lowest BCUT2D eigenvalue weighted by Gasteiger charge is -2.32. The van der Waals surface area contributed by atoms with Gasteiger partial charge in [-0.25, -0.2) is 0 Å².